The Hall–Kier alpha value is -3.79. The van der Waals surface area contributed by atoms with Crippen LogP contribution >= 0.6 is 12.4 Å². The van der Waals surface area contributed by atoms with E-state index >= 15 is 0 Å². The third kappa shape index (κ3) is 7.39. The number of benzene rings is 2. The highest BCUT2D eigenvalue weighted by molar-refractivity contribution is 6.00. The summed E-state index contributed by atoms with van der Waals surface area (Å²) in [7, 11) is 0. The van der Waals surface area contributed by atoms with Crippen molar-refractivity contribution in [3.05, 3.63) is 59.7 Å². The first kappa shape index (κ1) is 23.2. The van der Waals surface area contributed by atoms with Gasteiger partial charge < -0.3 is 31.9 Å². The predicted octanol–water partition coefficient (Wildman–Crippen LogP) is 1.87. The molecule has 2 aromatic carbocycles. The zero-order valence-electron chi connectivity index (χ0n) is 15.2. The molecule has 0 amide bonds. The van der Waals surface area contributed by atoms with Crippen LogP contribution in [0.4, 0.5) is 11.4 Å². The molecule has 0 aromatic heterocycles. The second kappa shape index (κ2) is 11.1. The molecule has 10 nitrogen and oxygen atoms in total. The van der Waals surface area contributed by atoms with Gasteiger partial charge in [-0.3, -0.25) is 10.4 Å². The van der Waals surface area contributed by atoms with Crippen LogP contribution in [0.5, 0.6) is 0 Å². The average molecular weight is 421 g/mol. The SMILES string of the molecule is Cl.N=C(N)Nc1ccccc1C(=O)O.O=C(O)c1cccc(NC2=NCCN2)c1. The van der Waals surface area contributed by atoms with E-state index in [0.29, 0.717) is 11.6 Å². The van der Waals surface area contributed by atoms with Crippen molar-refractivity contribution in [1.82, 2.24) is 5.32 Å². The Kier molecular flexibility index (Phi) is 8.93. The van der Waals surface area contributed by atoms with Crippen LogP contribution in [-0.2, 0) is 0 Å². The fraction of sp³-hybridized carbons (Fsp3) is 0.111. The number of hydrogen-bond donors (Lipinski definition) is 7. The van der Waals surface area contributed by atoms with Crippen LogP contribution < -0.4 is 21.7 Å². The fourth-order valence-corrected chi connectivity index (χ4v) is 2.27. The van der Waals surface area contributed by atoms with Crippen LogP contribution in [0.25, 0.3) is 0 Å². The van der Waals surface area contributed by atoms with Crippen LogP contribution in [0.3, 0.4) is 0 Å². The van der Waals surface area contributed by atoms with Gasteiger partial charge in [-0.2, -0.15) is 0 Å². The number of halogens is 1. The van der Waals surface area contributed by atoms with E-state index in [1.807, 2.05) is 0 Å². The van der Waals surface area contributed by atoms with E-state index in [1.54, 1.807) is 42.5 Å². The minimum absolute atomic E-state index is 0. The average Bonchev–Trinajstić information content (AvgIpc) is 3.15. The molecule has 29 heavy (non-hydrogen) atoms. The summed E-state index contributed by atoms with van der Waals surface area (Å²) in [6.45, 7) is 1.57. The lowest BCUT2D eigenvalue weighted by Gasteiger charge is -2.06. The maximum absolute atomic E-state index is 10.7. The molecule has 0 aliphatic carbocycles. The number of para-hydroxylation sites is 1. The maximum atomic E-state index is 10.7. The Balaban J connectivity index is 0.000000284. The fourth-order valence-electron chi connectivity index (χ4n) is 2.27. The molecule has 1 heterocycles. The van der Waals surface area contributed by atoms with Crippen molar-refractivity contribution >= 4 is 47.6 Å². The van der Waals surface area contributed by atoms with Gasteiger partial charge in [-0.05, 0) is 30.3 Å². The molecule has 0 saturated heterocycles. The summed E-state index contributed by atoms with van der Waals surface area (Å²) in [4.78, 5) is 25.5. The van der Waals surface area contributed by atoms with Crippen LogP contribution in [0.2, 0.25) is 0 Å². The van der Waals surface area contributed by atoms with Gasteiger partial charge in [0.1, 0.15) is 0 Å². The third-order valence-electron chi connectivity index (χ3n) is 3.47. The molecule has 0 unspecified atom stereocenters. The molecule has 0 bridgehead atoms. The smallest absolute Gasteiger partial charge is 0.337 e. The van der Waals surface area contributed by atoms with Crippen molar-refractivity contribution in [2.45, 2.75) is 0 Å². The number of aromatic carboxylic acids is 2. The Morgan fingerprint density at radius 2 is 1.83 bits per heavy atom. The van der Waals surface area contributed by atoms with Crippen molar-refractivity contribution < 1.29 is 19.8 Å². The number of aliphatic imine (C=N–C) groups is 1. The van der Waals surface area contributed by atoms with Crippen LogP contribution in [-0.4, -0.2) is 47.2 Å². The maximum Gasteiger partial charge on any atom is 0.337 e. The number of carbonyl (C=O) groups is 2. The van der Waals surface area contributed by atoms with Crippen molar-refractivity contribution in [2.24, 2.45) is 10.7 Å². The number of nitrogens with two attached hydrogens (primary N) is 1. The van der Waals surface area contributed by atoms with Crippen molar-refractivity contribution in [3.8, 4) is 0 Å². The first-order valence-corrected chi connectivity index (χ1v) is 8.19. The second-order valence-electron chi connectivity index (χ2n) is 5.56. The monoisotopic (exact) mass is 420 g/mol. The van der Waals surface area contributed by atoms with E-state index in [2.05, 4.69) is 20.9 Å². The minimum Gasteiger partial charge on any atom is -0.478 e. The molecule has 11 heteroatoms. The summed E-state index contributed by atoms with van der Waals surface area (Å²) < 4.78 is 0. The van der Waals surface area contributed by atoms with E-state index in [0.717, 1.165) is 18.8 Å². The predicted molar refractivity (Wildman–Crippen MR) is 114 cm³/mol. The number of anilines is 2. The summed E-state index contributed by atoms with van der Waals surface area (Å²) in [6.07, 6.45) is 0. The third-order valence-corrected chi connectivity index (χ3v) is 3.47. The summed E-state index contributed by atoms with van der Waals surface area (Å²) in [6, 6.07) is 12.9. The van der Waals surface area contributed by atoms with Crippen LogP contribution in [0.15, 0.2) is 53.5 Å². The second-order valence-corrected chi connectivity index (χ2v) is 5.56. The Morgan fingerprint density at radius 1 is 1.10 bits per heavy atom. The van der Waals surface area contributed by atoms with Gasteiger partial charge in [0.2, 0.25) is 0 Å². The zero-order valence-corrected chi connectivity index (χ0v) is 16.0. The highest BCUT2D eigenvalue weighted by atomic mass is 35.5. The van der Waals surface area contributed by atoms with Crippen LogP contribution in [0.1, 0.15) is 20.7 Å². The molecule has 3 rings (SSSR count). The van der Waals surface area contributed by atoms with Crippen molar-refractivity contribution in [3.63, 3.8) is 0 Å². The number of rotatable bonds is 4. The quantitative estimate of drug-likeness (QED) is 0.290. The van der Waals surface area contributed by atoms with Crippen molar-refractivity contribution in [1.29, 1.82) is 5.41 Å². The summed E-state index contributed by atoms with van der Waals surface area (Å²) in [5.74, 6) is -1.57. The lowest BCUT2D eigenvalue weighted by Crippen LogP contribution is -2.26. The minimum atomic E-state index is -1.05. The Morgan fingerprint density at radius 3 is 2.41 bits per heavy atom. The molecule has 1 aliphatic rings. The molecule has 2 aromatic rings. The molecule has 0 saturated carbocycles. The molecule has 1 aliphatic heterocycles. The first-order valence-electron chi connectivity index (χ1n) is 8.19. The molecule has 0 fully saturated rings. The van der Waals surface area contributed by atoms with Gasteiger partial charge in [-0.15, -0.1) is 12.4 Å². The number of guanidine groups is 2. The summed E-state index contributed by atoms with van der Waals surface area (Å²) >= 11 is 0. The normalized spacial score (nSPS) is 11.5. The Labute approximate surface area is 172 Å². The van der Waals surface area contributed by atoms with E-state index in [4.69, 9.17) is 21.4 Å². The van der Waals surface area contributed by atoms with Crippen molar-refractivity contribution in [2.75, 3.05) is 23.7 Å². The van der Waals surface area contributed by atoms with E-state index in [-0.39, 0.29) is 29.5 Å². The highest BCUT2D eigenvalue weighted by Crippen LogP contribution is 2.14. The number of carboxylic acids is 2. The lowest BCUT2D eigenvalue weighted by atomic mass is 10.2. The molecule has 0 radical (unpaired) electrons. The first-order chi connectivity index (χ1) is 13.4. The van der Waals surface area contributed by atoms with Gasteiger partial charge in [-0.25, -0.2) is 9.59 Å². The lowest BCUT2D eigenvalue weighted by molar-refractivity contribution is 0.0686. The van der Waals surface area contributed by atoms with Gasteiger partial charge >= 0.3 is 11.9 Å². The molecular formula is C18H21ClN6O4. The number of hydrogen-bond acceptors (Lipinski definition) is 6. The largest absolute Gasteiger partial charge is 0.478 e. The molecule has 8 N–H and O–H groups in total. The molecule has 0 atom stereocenters. The molecule has 0 spiro atoms. The standard InChI is InChI=1S/C10H11N3O2.C8H9N3O2.ClH/c14-9(15)7-2-1-3-8(6-7)13-10-11-4-5-12-10;9-8(10)11-6-4-2-1-3-5(6)7(12)13;/h1-3,6H,4-5H2,(H,14,15)(H2,11,12,13);1-4H,(H,12,13)(H4,9,10,11);1H. The number of nitrogens with one attached hydrogen (secondary N) is 4. The Bertz CT molecular complexity index is 919. The topological polar surface area (TPSA) is 173 Å². The highest BCUT2D eigenvalue weighted by Gasteiger charge is 2.08. The number of nitrogens with zero attached hydrogens (tertiary/aromatic N) is 1. The van der Waals surface area contributed by atoms with Gasteiger partial charge in [0.05, 0.1) is 23.4 Å². The van der Waals surface area contributed by atoms with Gasteiger partial charge in [-0.1, -0.05) is 18.2 Å². The number of carboxylic acid groups (broad SMARTS) is 2. The van der Waals surface area contributed by atoms with Gasteiger partial charge in [0.25, 0.3) is 0 Å². The van der Waals surface area contributed by atoms with E-state index in [9.17, 15) is 9.59 Å². The summed E-state index contributed by atoms with van der Waals surface area (Å²) in [5, 5.41) is 33.0. The molecular weight excluding hydrogens is 400 g/mol. The van der Waals surface area contributed by atoms with E-state index < -0.39 is 11.9 Å². The zero-order chi connectivity index (χ0) is 20.5. The van der Waals surface area contributed by atoms with Gasteiger partial charge in [0, 0.05) is 12.2 Å². The van der Waals surface area contributed by atoms with Crippen LogP contribution in [0, 0.1) is 5.41 Å². The molecule has 154 valence electrons. The van der Waals surface area contributed by atoms with E-state index in [1.165, 1.54) is 6.07 Å². The summed E-state index contributed by atoms with van der Waals surface area (Å²) in [5.41, 5.74) is 6.48. The van der Waals surface area contributed by atoms with Gasteiger partial charge in [0.15, 0.2) is 11.9 Å².